The number of rotatable bonds is 16. The zero-order valence-electron chi connectivity index (χ0n) is 27.0. The minimum absolute atomic E-state index is 0.0944. The lowest BCUT2D eigenvalue weighted by Crippen LogP contribution is -2.62. The number of nitrogens with one attached hydrogen (secondary N) is 1. The van der Waals surface area contributed by atoms with Gasteiger partial charge in [-0.25, -0.2) is 4.79 Å². The molecule has 4 aliphatic heterocycles. The molecule has 0 spiro atoms. The van der Waals surface area contributed by atoms with Crippen molar-refractivity contribution in [3.8, 4) is 0 Å². The molecule has 0 aliphatic carbocycles. The maximum Gasteiger partial charge on any atom is 0.358 e. The van der Waals surface area contributed by atoms with E-state index in [4.69, 9.17) is 33.2 Å². The van der Waals surface area contributed by atoms with Gasteiger partial charge in [0.1, 0.15) is 68.1 Å². The highest BCUT2D eigenvalue weighted by Crippen LogP contribution is 2.30. The smallest absolute Gasteiger partial charge is 0.358 e. The van der Waals surface area contributed by atoms with Gasteiger partial charge >= 0.3 is 5.97 Å². The van der Waals surface area contributed by atoms with E-state index in [-0.39, 0.29) is 32.4 Å². The lowest BCUT2D eigenvalue weighted by molar-refractivity contribution is -0.348. The van der Waals surface area contributed by atoms with Crippen LogP contribution in [0.5, 0.6) is 0 Å². The molecule has 3 amide bonds. The van der Waals surface area contributed by atoms with Crippen LogP contribution in [0.15, 0.2) is 0 Å². The first-order valence-electron chi connectivity index (χ1n) is 16.0. The third kappa shape index (κ3) is 10.5. The van der Waals surface area contributed by atoms with E-state index in [9.17, 15) is 65.1 Å². The van der Waals surface area contributed by atoms with Gasteiger partial charge in [0.25, 0.3) is 11.8 Å². The first-order valence-corrected chi connectivity index (χ1v) is 16.0. The second-order valence-corrected chi connectivity index (χ2v) is 12.0. The zero-order chi connectivity index (χ0) is 37.4. The standard InChI is InChI=1S/C28H44N2O21/c31-6-13-19(37)22(40)24(42)27(49-13)46-8-11-5-12(48-28-25(43)23(41)20(38)14(7-32)50-28)21(39)26(47-11)45-4-3-29-15(33)9-44-10-18(36)51-30-16(34)1-2-17(30)35/h11-14,19-28,31-32,37-43H,1-10H2,(H,29,33)/t11?,12?,13?,14?,19-,20-,21?,22?,23?,24?,25?,26?,27+,28+/m1/s1. The summed E-state index contributed by atoms with van der Waals surface area (Å²) in [6, 6.07) is 0. The quantitative estimate of drug-likeness (QED) is 0.0518. The molecule has 4 heterocycles. The third-order valence-corrected chi connectivity index (χ3v) is 8.29. The van der Waals surface area contributed by atoms with Crippen molar-refractivity contribution in [2.45, 2.75) is 105 Å². The summed E-state index contributed by atoms with van der Waals surface area (Å²) in [5, 5.41) is 93.8. The predicted molar refractivity (Wildman–Crippen MR) is 155 cm³/mol. The van der Waals surface area contributed by atoms with E-state index >= 15 is 0 Å². The minimum atomic E-state index is -1.81. The average molecular weight is 745 g/mol. The van der Waals surface area contributed by atoms with Crippen molar-refractivity contribution in [1.29, 1.82) is 0 Å². The van der Waals surface area contributed by atoms with Crippen LogP contribution in [0.1, 0.15) is 19.3 Å². The van der Waals surface area contributed by atoms with E-state index in [0.717, 1.165) is 0 Å². The molecule has 23 heteroatoms. The van der Waals surface area contributed by atoms with Crippen molar-refractivity contribution in [3.05, 3.63) is 0 Å². The molecule has 0 aromatic carbocycles. The van der Waals surface area contributed by atoms with E-state index in [0.29, 0.717) is 5.06 Å². The number of imide groups is 1. The van der Waals surface area contributed by atoms with Crippen molar-refractivity contribution in [1.82, 2.24) is 10.4 Å². The lowest BCUT2D eigenvalue weighted by atomic mass is 9.98. The number of hydrogen-bond acceptors (Lipinski definition) is 21. The summed E-state index contributed by atoms with van der Waals surface area (Å²) in [6.07, 6.45) is -22.0. The summed E-state index contributed by atoms with van der Waals surface area (Å²) in [6.45, 7) is -3.70. The molecule has 51 heavy (non-hydrogen) atoms. The van der Waals surface area contributed by atoms with Gasteiger partial charge in [0.15, 0.2) is 18.9 Å². The summed E-state index contributed by atoms with van der Waals surface area (Å²) in [7, 11) is 0. The van der Waals surface area contributed by atoms with E-state index < -0.39 is 143 Å². The van der Waals surface area contributed by atoms with Crippen molar-refractivity contribution < 1.29 is 103 Å². The summed E-state index contributed by atoms with van der Waals surface area (Å²) >= 11 is 0. The van der Waals surface area contributed by atoms with Crippen LogP contribution in [0.25, 0.3) is 0 Å². The fourth-order valence-electron chi connectivity index (χ4n) is 5.47. The number of hydroxylamine groups is 2. The van der Waals surface area contributed by atoms with E-state index in [1.54, 1.807) is 0 Å². The molecule has 4 fully saturated rings. The van der Waals surface area contributed by atoms with Gasteiger partial charge in [-0.3, -0.25) is 14.4 Å². The molecule has 0 radical (unpaired) electrons. The summed E-state index contributed by atoms with van der Waals surface area (Å²) in [4.78, 5) is 51.6. The first kappa shape index (κ1) is 41.2. The molecular formula is C28H44N2O21. The van der Waals surface area contributed by atoms with Gasteiger partial charge in [0.2, 0.25) is 5.91 Å². The molecule has 10 unspecified atom stereocenters. The molecule has 4 saturated heterocycles. The highest BCUT2D eigenvalue weighted by molar-refractivity contribution is 6.01. The van der Waals surface area contributed by atoms with Crippen LogP contribution in [0.2, 0.25) is 0 Å². The van der Waals surface area contributed by atoms with Crippen molar-refractivity contribution >= 4 is 23.7 Å². The number of amides is 3. The van der Waals surface area contributed by atoms with E-state index in [2.05, 4.69) is 10.2 Å². The Kier molecular flexibility index (Phi) is 15.3. The van der Waals surface area contributed by atoms with Crippen molar-refractivity contribution in [2.24, 2.45) is 0 Å². The minimum Gasteiger partial charge on any atom is -0.394 e. The second-order valence-electron chi connectivity index (χ2n) is 12.0. The molecule has 292 valence electrons. The number of aliphatic hydroxyl groups is 9. The summed E-state index contributed by atoms with van der Waals surface area (Å²) < 4.78 is 38.3. The Morgan fingerprint density at radius 1 is 0.725 bits per heavy atom. The van der Waals surface area contributed by atoms with Gasteiger partial charge in [-0.2, -0.15) is 0 Å². The highest BCUT2D eigenvalue weighted by atomic mass is 16.7. The Morgan fingerprint density at radius 3 is 1.90 bits per heavy atom. The van der Waals surface area contributed by atoms with Crippen LogP contribution in [-0.2, 0) is 57.2 Å². The molecular weight excluding hydrogens is 700 g/mol. The molecule has 0 saturated carbocycles. The molecule has 4 rings (SSSR count). The Morgan fingerprint density at radius 2 is 1.29 bits per heavy atom. The maximum atomic E-state index is 12.1. The molecule has 10 N–H and O–H groups in total. The van der Waals surface area contributed by atoms with Gasteiger partial charge in [-0.1, -0.05) is 0 Å². The van der Waals surface area contributed by atoms with E-state index in [1.165, 1.54) is 0 Å². The van der Waals surface area contributed by atoms with Crippen LogP contribution in [0, 0.1) is 0 Å². The fourth-order valence-corrected chi connectivity index (χ4v) is 5.47. The van der Waals surface area contributed by atoms with Crippen LogP contribution < -0.4 is 5.32 Å². The Bertz CT molecular complexity index is 1160. The summed E-state index contributed by atoms with van der Waals surface area (Å²) in [5.74, 6) is -3.15. The van der Waals surface area contributed by atoms with Crippen LogP contribution in [0.3, 0.4) is 0 Å². The van der Waals surface area contributed by atoms with Gasteiger partial charge in [0, 0.05) is 25.8 Å². The normalized spacial score (nSPS) is 38.9. The van der Waals surface area contributed by atoms with Crippen LogP contribution in [0.4, 0.5) is 0 Å². The molecule has 0 aromatic rings. The van der Waals surface area contributed by atoms with Crippen LogP contribution >= 0.6 is 0 Å². The summed E-state index contributed by atoms with van der Waals surface area (Å²) in [5.41, 5.74) is 0. The highest BCUT2D eigenvalue weighted by Gasteiger charge is 2.49. The number of ether oxygens (including phenoxy) is 7. The van der Waals surface area contributed by atoms with Crippen LogP contribution in [-0.4, -0.2) is 207 Å². The van der Waals surface area contributed by atoms with Gasteiger partial charge in [-0.15, -0.1) is 5.06 Å². The van der Waals surface area contributed by atoms with Gasteiger partial charge < -0.3 is 89.3 Å². The van der Waals surface area contributed by atoms with Crippen molar-refractivity contribution in [2.75, 3.05) is 46.2 Å². The van der Waals surface area contributed by atoms with Gasteiger partial charge in [-0.05, 0) is 0 Å². The predicted octanol–water partition coefficient (Wildman–Crippen LogP) is -7.78. The maximum absolute atomic E-state index is 12.1. The molecule has 4 aliphatic rings. The van der Waals surface area contributed by atoms with Crippen molar-refractivity contribution in [3.63, 3.8) is 0 Å². The molecule has 0 bridgehead atoms. The Balaban J connectivity index is 1.30. The second kappa shape index (κ2) is 19.0. The largest absolute Gasteiger partial charge is 0.394 e. The number of carbonyl (C=O) groups is 4. The number of aliphatic hydroxyl groups excluding tert-OH is 9. The Hall–Kier alpha value is -2.56. The number of nitrogens with zero attached hydrogens (tertiary/aromatic N) is 1. The molecule has 14 atom stereocenters. The lowest BCUT2D eigenvalue weighted by Gasteiger charge is -2.44. The fraction of sp³-hybridized carbons (Fsp3) is 0.857. The Labute approximate surface area is 289 Å². The number of hydrogen-bond donors (Lipinski definition) is 10. The molecule has 23 nitrogen and oxygen atoms in total. The monoisotopic (exact) mass is 744 g/mol. The molecule has 0 aromatic heterocycles. The average Bonchev–Trinajstić information content (AvgIpc) is 3.42. The van der Waals surface area contributed by atoms with E-state index in [1.807, 2.05) is 0 Å². The topological polar surface area (TPSA) is 339 Å². The SMILES string of the molecule is O=C(COCC(=O)ON1C(=O)CCC1=O)NCCOC1OC(CO[C@H]2OC(CO)[C@@H](O)C(O)C2O)CC(O[C@H]2OC(CO)[C@@H](O)C(O)C2O)C1O. The third-order valence-electron chi connectivity index (χ3n) is 8.29. The number of carbonyl (C=O) groups excluding carboxylic acids is 4. The zero-order valence-corrected chi connectivity index (χ0v) is 27.0. The first-order chi connectivity index (χ1) is 24.2. The van der Waals surface area contributed by atoms with Gasteiger partial charge in [0.05, 0.1) is 38.6 Å².